The maximum atomic E-state index is 12.5. The Hall–Kier alpha value is -2.38. The molecule has 1 fully saturated rings. The first-order valence-electron chi connectivity index (χ1n) is 9.37. The van der Waals surface area contributed by atoms with E-state index >= 15 is 0 Å². The topological polar surface area (TPSA) is 61.7 Å². The lowest BCUT2D eigenvalue weighted by Gasteiger charge is -2.35. The van der Waals surface area contributed by atoms with E-state index in [1.165, 1.54) is 0 Å². The Kier molecular flexibility index (Phi) is 6.70. The molecule has 0 N–H and O–H groups in total. The van der Waals surface area contributed by atoms with Crippen LogP contribution in [0.4, 0.5) is 0 Å². The minimum atomic E-state index is 0.0692. The van der Waals surface area contributed by atoms with Crippen LogP contribution in [0.2, 0.25) is 5.02 Å². The SMILES string of the molecule is CN(Cc1cnn(C)c1)C(=O)CN1CCN(C(=O)Cc2ccccc2Cl)CC1. The van der Waals surface area contributed by atoms with Crippen molar-refractivity contribution in [1.82, 2.24) is 24.5 Å². The molecule has 0 aliphatic carbocycles. The summed E-state index contributed by atoms with van der Waals surface area (Å²) in [5, 5.41) is 4.75. The molecule has 2 heterocycles. The normalized spacial score (nSPS) is 14.9. The summed E-state index contributed by atoms with van der Waals surface area (Å²) in [6, 6.07) is 7.43. The Bertz CT molecular complexity index is 830. The van der Waals surface area contributed by atoms with Crippen LogP contribution in [0.3, 0.4) is 0 Å². The van der Waals surface area contributed by atoms with Gasteiger partial charge in [0, 0.05) is 63.6 Å². The summed E-state index contributed by atoms with van der Waals surface area (Å²) in [6.07, 6.45) is 3.99. The van der Waals surface area contributed by atoms with E-state index in [2.05, 4.69) is 10.00 Å². The summed E-state index contributed by atoms with van der Waals surface area (Å²) in [4.78, 5) is 30.7. The number of aromatic nitrogens is 2. The van der Waals surface area contributed by atoms with Gasteiger partial charge < -0.3 is 9.80 Å². The van der Waals surface area contributed by atoms with E-state index in [0.29, 0.717) is 50.7 Å². The number of amides is 2. The van der Waals surface area contributed by atoms with Gasteiger partial charge >= 0.3 is 0 Å². The van der Waals surface area contributed by atoms with Crippen molar-refractivity contribution < 1.29 is 9.59 Å². The molecule has 8 heteroatoms. The van der Waals surface area contributed by atoms with Crippen molar-refractivity contribution in [3.63, 3.8) is 0 Å². The Morgan fingerprint density at radius 3 is 2.54 bits per heavy atom. The van der Waals surface area contributed by atoms with Gasteiger partial charge in [0.25, 0.3) is 0 Å². The van der Waals surface area contributed by atoms with Crippen molar-refractivity contribution in [2.24, 2.45) is 7.05 Å². The molecule has 1 aliphatic heterocycles. The average Bonchev–Trinajstić information content (AvgIpc) is 3.08. The fraction of sp³-hybridized carbons (Fsp3) is 0.450. The maximum absolute atomic E-state index is 12.5. The molecule has 0 radical (unpaired) electrons. The van der Waals surface area contributed by atoms with Crippen LogP contribution in [0, 0.1) is 0 Å². The van der Waals surface area contributed by atoms with Gasteiger partial charge in [0.15, 0.2) is 0 Å². The van der Waals surface area contributed by atoms with Gasteiger partial charge in [0.05, 0.1) is 19.2 Å². The van der Waals surface area contributed by atoms with Crippen LogP contribution in [-0.4, -0.2) is 76.1 Å². The van der Waals surface area contributed by atoms with Gasteiger partial charge in [-0.15, -0.1) is 0 Å². The average molecular weight is 404 g/mol. The van der Waals surface area contributed by atoms with Crippen molar-refractivity contribution in [3.05, 3.63) is 52.8 Å². The number of rotatable bonds is 6. The maximum Gasteiger partial charge on any atom is 0.236 e. The lowest BCUT2D eigenvalue weighted by Crippen LogP contribution is -2.51. The molecule has 0 spiro atoms. The van der Waals surface area contributed by atoms with Gasteiger partial charge in [-0.2, -0.15) is 5.10 Å². The fourth-order valence-electron chi connectivity index (χ4n) is 3.30. The number of likely N-dealkylation sites (N-methyl/N-ethyl adjacent to an activating group) is 1. The molecule has 1 aliphatic rings. The first-order valence-corrected chi connectivity index (χ1v) is 9.75. The number of hydrogen-bond acceptors (Lipinski definition) is 4. The molecule has 1 aromatic heterocycles. The van der Waals surface area contributed by atoms with Gasteiger partial charge in [0.1, 0.15) is 0 Å². The molecule has 1 saturated heterocycles. The fourth-order valence-corrected chi connectivity index (χ4v) is 3.50. The molecule has 0 unspecified atom stereocenters. The highest BCUT2D eigenvalue weighted by atomic mass is 35.5. The van der Waals surface area contributed by atoms with Crippen molar-refractivity contribution in [1.29, 1.82) is 0 Å². The van der Waals surface area contributed by atoms with Gasteiger partial charge in [-0.25, -0.2) is 0 Å². The number of hydrogen-bond donors (Lipinski definition) is 0. The molecule has 0 atom stereocenters. The highest BCUT2D eigenvalue weighted by molar-refractivity contribution is 6.31. The van der Waals surface area contributed by atoms with E-state index in [1.807, 2.05) is 36.3 Å². The minimum absolute atomic E-state index is 0.0692. The van der Waals surface area contributed by atoms with Crippen molar-refractivity contribution in [2.75, 3.05) is 39.8 Å². The summed E-state index contributed by atoms with van der Waals surface area (Å²) in [5.74, 6) is 0.146. The first kappa shape index (κ1) is 20.4. The smallest absolute Gasteiger partial charge is 0.236 e. The second kappa shape index (κ2) is 9.21. The lowest BCUT2D eigenvalue weighted by atomic mass is 10.1. The van der Waals surface area contributed by atoms with E-state index in [0.717, 1.165) is 11.1 Å². The van der Waals surface area contributed by atoms with Crippen LogP contribution in [-0.2, 0) is 29.6 Å². The number of aryl methyl sites for hydroxylation is 1. The zero-order valence-corrected chi connectivity index (χ0v) is 17.1. The predicted molar refractivity (Wildman–Crippen MR) is 108 cm³/mol. The van der Waals surface area contributed by atoms with E-state index < -0.39 is 0 Å². The van der Waals surface area contributed by atoms with Crippen LogP contribution in [0.15, 0.2) is 36.7 Å². The third-order valence-corrected chi connectivity index (χ3v) is 5.36. The van der Waals surface area contributed by atoms with E-state index in [1.54, 1.807) is 28.9 Å². The van der Waals surface area contributed by atoms with Crippen molar-refractivity contribution >= 4 is 23.4 Å². The highest BCUT2D eigenvalue weighted by Gasteiger charge is 2.24. The van der Waals surface area contributed by atoms with E-state index in [-0.39, 0.29) is 11.8 Å². The minimum Gasteiger partial charge on any atom is -0.340 e. The molecule has 3 rings (SSSR count). The first-order chi connectivity index (χ1) is 13.4. The van der Waals surface area contributed by atoms with Crippen LogP contribution >= 0.6 is 11.6 Å². The Morgan fingerprint density at radius 2 is 1.89 bits per heavy atom. The summed E-state index contributed by atoms with van der Waals surface area (Å²) in [7, 11) is 3.66. The quantitative estimate of drug-likeness (QED) is 0.731. The van der Waals surface area contributed by atoms with Gasteiger partial charge in [-0.3, -0.25) is 19.2 Å². The summed E-state index contributed by atoms with van der Waals surface area (Å²) in [5.41, 5.74) is 1.86. The molecule has 150 valence electrons. The zero-order valence-electron chi connectivity index (χ0n) is 16.3. The molecule has 7 nitrogen and oxygen atoms in total. The predicted octanol–water partition coefficient (Wildman–Crippen LogP) is 1.42. The third kappa shape index (κ3) is 5.33. The number of nitrogens with zero attached hydrogens (tertiary/aromatic N) is 5. The Balaban J connectivity index is 1.44. The van der Waals surface area contributed by atoms with Crippen LogP contribution in [0.1, 0.15) is 11.1 Å². The molecule has 1 aromatic carbocycles. The number of carbonyl (C=O) groups is 2. The summed E-state index contributed by atoms with van der Waals surface area (Å²) < 4.78 is 1.73. The zero-order chi connectivity index (χ0) is 20.1. The van der Waals surface area contributed by atoms with Gasteiger partial charge in [-0.05, 0) is 11.6 Å². The second-order valence-electron chi connectivity index (χ2n) is 7.20. The highest BCUT2D eigenvalue weighted by Crippen LogP contribution is 2.17. The molecule has 2 aromatic rings. The molecule has 28 heavy (non-hydrogen) atoms. The number of carbonyl (C=O) groups excluding carboxylic acids is 2. The number of piperazine rings is 1. The van der Waals surface area contributed by atoms with E-state index in [4.69, 9.17) is 11.6 Å². The molecule has 2 amide bonds. The molecular weight excluding hydrogens is 378 g/mol. The molecule has 0 saturated carbocycles. The van der Waals surface area contributed by atoms with Gasteiger partial charge in [0.2, 0.25) is 11.8 Å². The number of halogens is 1. The van der Waals surface area contributed by atoms with Crippen molar-refractivity contribution in [3.8, 4) is 0 Å². The second-order valence-corrected chi connectivity index (χ2v) is 7.60. The third-order valence-electron chi connectivity index (χ3n) is 4.99. The monoisotopic (exact) mass is 403 g/mol. The lowest BCUT2D eigenvalue weighted by molar-refractivity contribution is -0.134. The molecule has 0 bridgehead atoms. The Labute approximate surface area is 170 Å². The van der Waals surface area contributed by atoms with Crippen LogP contribution < -0.4 is 0 Å². The summed E-state index contributed by atoms with van der Waals surface area (Å²) in [6.45, 7) is 3.56. The van der Waals surface area contributed by atoms with Crippen LogP contribution in [0.5, 0.6) is 0 Å². The summed E-state index contributed by atoms with van der Waals surface area (Å²) >= 11 is 6.15. The largest absolute Gasteiger partial charge is 0.340 e. The van der Waals surface area contributed by atoms with Crippen LogP contribution in [0.25, 0.3) is 0 Å². The van der Waals surface area contributed by atoms with Crippen molar-refractivity contribution in [2.45, 2.75) is 13.0 Å². The standard InChI is InChI=1S/C20H26ClN5O2/c1-23(13-16-12-22-24(2)14-16)20(28)15-25-7-9-26(10-8-25)19(27)11-17-5-3-4-6-18(17)21/h3-6,12,14H,7-11,13,15H2,1-2H3. The molecular formula is C20H26ClN5O2. The van der Waals surface area contributed by atoms with Gasteiger partial charge in [-0.1, -0.05) is 29.8 Å². The number of benzene rings is 1. The Morgan fingerprint density at radius 1 is 1.18 bits per heavy atom. The van der Waals surface area contributed by atoms with E-state index in [9.17, 15) is 9.59 Å².